The maximum absolute atomic E-state index is 12.0. The van der Waals surface area contributed by atoms with Gasteiger partial charge in [0.1, 0.15) is 5.75 Å². The largest absolute Gasteiger partial charge is 0.484 e. The van der Waals surface area contributed by atoms with Crippen LogP contribution in [0.25, 0.3) is 0 Å². The van der Waals surface area contributed by atoms with Gasteiger partial charge >= 0.3 is 0 Å². The number of rotatable bonds is 4. The number of ketones is 1. The Morgan fingerprint density at radius 1 is 1.21 bits per heavy atom. The molecule has 0 amide bonds. The Labute approximate surface area is 134 Å². The van der Waals surface area contributed by atoms with Gasteiger partial charge in [0.2, 0.25) is 0 Å². The fraction of sp³-hybridized carbons (Fsp3) is 0.133. The second kappa shape index (κ2) is 6.52. The maximum atomic E-state index is 12.0. The lowest BCUT2D eigenvalue weighted by Gasteiger charge is -2.08. The number of aryl methyl sites for hydroxylation is 1. The molecule has 0 N–H and O–H groups in total. The summed E-state index contributed by atoms with van der Waals surface area (Å²) in [6.45, 7) is 2.05. The first kappa shape index (κ1) is 14.5. The molecular formula is C15H12BrIO2. The molecule has 0 aliphatic carbocycles. The van der Waals surface area contributed by atoms with Gasteiger partial charge in [0.05, 0.1) is 4.47 Å². The van der Waals surface area contributed by atoms with Crippen molar-refractivity contribution < 1.29 is 9.53 Å². The minimum absolute atomic E-state index is 0.0242. The van der Waals surface area contributed by atoms with Crippen molar-refractivity contribution in [3.63, 3.8) is 0 Å². The van der Waals surface area contributed by atoms with Gasteiger partial charge in [0, 0.05) is 9.13 Å². The van der Waals surface area contributed by atoms with E-state index >= 15 is 0 Å². The third-order valence-electron chi connectivity index (χ3n) is 2.61. The van der Waals surface area contributed by atoms with Crippen LogP contribution in [0.5, 0.6) is 5.75 Å². The van der Waals surface area contributed by atoms with Crippen molar-refractivity contribution in [2.24, 2.45) is 0 Å². The highest BCUT2D eigenvalue weighted by atomic mass is 127. The van der Waals surface area contributed by atoms with Crippen molar-refractivity contribution in [3.05, 3.63) is 61.6 Å². The summed E-state index contributed by atoms with van der Waals surface area (Å²) in [5.41, 5.74) is 1.81. The smallest absolute Gasteiger partial charge is 0.200 e. The van der Waals surface area contributed by atoms with Crippen LogP contribution in [0.4, 0.5) is 0 Å². The van der Waals surface area contributed by atoms with Gasteiger partial charge in [-0.05, 0) is 75.3 Å². The van der Waals surface area contributed by atoms with Gasteiger partial charge in [-0.2, -0.15) is 0 Å². The second-order valence-corrected chi connectivity index (χ2v) is 6.25. The average Bonchev–Trinajstić information content (AvgIpc) is 2.38. The van der Waals surface area contributed by atoms with Gasteiger partial charge in [0.15, 0.2) is 12.4 Å². The normalized spacial score (nSPS) is 10.3. The topological polar surface area (TPSA) is 26.3 Å². The van der Waals surface area contributed by atoms with E-state index in [0.717, 1.165) is 13.6 Å². The summed E-state index contributed by atoms with van der Waals surface area (Å²) < 4.78 is 7.51. The Balaban J connectivity index is 2.02. The molecule has 0 aliphatic heterocycles. The summed E-state index contributed by atoms with van der Waals surface area (Å²) in [5.74, 6) is 0.660. The average molecular weight is 431 g/mol. The van der Waals surface area contributed by atoms with Gasteiger partial charge in [-0.25, -0.2) is 0 Å². The van der Waals surface area contributed by atoms with E-state index in [1.54, 1.807) is 0 Å². The van der Waals surface area contributed by atoms with Crippen molar-refractivity contribution in [1.29, 1.82) is 0 Å². The number of carbonyl (C=O) groups is 1. The monoisotopic (exact) mass is 430 g/mol. The highest BCUT2D eigenvalue weighted by Crippen LogP contribution is 2.25. The Kier molecular flexibility index (Phi) is 4.99. The third-order valence-corrected chi connectivity index (χ3v) is 3.95. The van der Waals surface area contributed by atoms with Crippen LogP contribution in [0.2, 0.25) is 0 Å². The molecule has 0 fully saturated rings. The number of hydrogen-bond acceptors (Lipinski definition) is 2. The molecule has 0 spiro atoms. The Bertz CT molecular complexity index is 594. The van der Waals surface area contributed by atoms with E-state index in [-0.39, 0.29) is 12.4 Å². The molecule has 4 heteroatoms. The highest BCUT2D eigenvalue weighted by Gasteiger charge is 2.08. The molecule has 0 heterocycles. The first-order valence-corrected chi connectivity index (χ1v) is 7.61. The van der Waals surface area contributed by atoms with Crippen molar-refractivity contribution in [1.82, 2.24) is 0 Å². The standard InChI is InChI=1S/C15H12BrIO2/c1-10-2-7-15(13(16)8-10)19-9-14(18)11-3-5-12(17)6-4-11/h2-8H,9H2,1H3. The zero-order chi connectivity index (χ0) is 13.8. The first-order valence-electron chi connectivity index (χ1n) is 5.74. The summed E-state index contributed by atoms with van der Waals surface area (Å²) in [6.07, 6.45) is 0. The van der Waals surface area contributed by atoms with Crippen LogP contribution in [0.1, 0.15) is 15.9 Å². The predicted octanol–water partition coefficient (Wildman–Crippen LogP) is 4.62. The maximum Gasteiger partial charge on any atom is 0.200 e. The zero-order valence-corrected chi connectivity index (χ0v) is 14.1. The molecule has 0 atom stereocenters. The molecule has 0 saturated carbocycles. The van der Waals surface area contributed by atoms with Crippen LogP contribution in [-0.2, 0) is 0 Å². The number of hydrogen-bond donors (Lipinski definition) is 0. The molecule has 2 rings (SSSR count). The van der Waals surface area contributed by atoms with Gasteiger partial charge in [-0.15, -0.1) is 0 Å². The van der Waals surface area contributed by atoms with Crippen molar-refractivity contribution in [2.45, 2.75) is 6.92 Å². The summed E-state index contributed by atoms with van der Waals surface area (Å²) in [7, 11) is 0. The number of Topliss-reactive ketones (excluding diaryl/α,β-unsaturated/α-hetero) is 1. The van der Waals surface area contributed by atoms with Crippen LogP contribution in [-0.4, -0.2) is 12.4 Å². The molecular weight excluding hydrogens is 419 g/mol. The molecule has 2 nitrogen and oxygen atoms in total. The lowest BCUT2D eigenvalue weighted by Crippen LogP contribution is -2.11. The van der Waals surface area contributed by atoms with E-state index in [1.165, 1.54) is 0 Å². The minimum Gasteiger partial charge on any atom is -0.484 e. The number of benzene rings is 2. The van der Waals surface area contributed by atoms with E-state index in [2.05, 4.69) is 38.5 Å². The SMILES string of the molecule is Cc1ccc(OCC(=O)c2ccc(I)cc2)c(Br)c1. The van der Waals surface area contributed by atoms with Gasteiger partial charge in [0.25, 0.3) is 0 Å². The third kappa shape index (κ3) is 4.04. The van der Waals surface area contributed by atoms with Gasteiger partial charge in [-0.3, -0.25) is 4.79 Å². The van der Waals surface area contributed by atoms with E-state index in [0.29, 0.717) is 11.3 Å². The minimum atomic E-state index is -0.0242. The summed E-state index contributed by atoms with van der Waals surface area (Å²) in [6, 6.07) is 13.2. The molecule has 98 valence electrons. The first-order chi connectivity index (χ1) is 9.06. The van der Waals surface area contributed by atoms with E-state index < -0.39 is 0 Å². The fourth-order valence-corrected chi connectivity index (χ4v) is 2.55. The van der Waals surface area contributed by atoms with Crippen LogP contribution in [0.3, 0.4) is 0 Å². The summed E-state index contributed by atoms with van der Waals surface area (Å²) >= 11 is 5.63. The summed E-state index contributed by atoms with van der Waals surface area (Å²) in [5, 5.41) is 0. The molecule has 2 aromatic carbocycles. The van der Waals surface area contributed by atoms with Crippen LogP contribution in [0.15, 0.2) is 46.9 Å². The van der Waals surface area contributed by atoms with Crippen molar-refractivity contribution in [2.75, 3.05) is 6.61 Å². The molecule has 19 heavy (non-hydrogen) atoms. The van der Waals surface area contributed by atoms with E-state index in [4.69, 9.17) is 4.74 Å². The lowest BCUT2D eigenvalue weighted by atomic mass is 10.1. The molecule has 2 aromatic rings. The molecule has 0 unspecified atom stereocenters. The number of ether oxygens (including phenoxy) is 1. The molecule has 0 bridgehead atoms. The molecule has 0 aromatic heterocycles. The van der Waals surface area contributed by atoms with Crippen molar-refractivity contribution >= 4 is 44.3 Å². The Hall–Kier alpha value is -0.880. The Morgan fingerprint density at radius 2 is 1.89 bits per heavy atom. The van der Waals surface area contributed by atoms with Gasteiger partial charge in [-0.1, -0.05) is 18.2 Å². The van der Waals surface area contributed by atoms with Crippen molar-refractivity contribution in [3.8, 4) is 5.75 Å². The van der Waals surface area contributed by atoms with Crippen LogP contribution < -0.4 is 4.74 Å². The molecule has 0 radical (unpaired) electrons. The van der Waals surface area contributed by atoms with Crippen LogP contribution >= 0.6 is 38.5 Å². The van der Waals surface area contributed by atoms with E-state index in [9.17, 15) is 4.79 Å². The van der Waals surface area contributed by atoms with Crippen LogP contribution in [0, 0.1) is 10.5 Å². The lowest BCUT2D eigenvalue weighted by molar-refractivity contribution is 0.0921. The molecule has 0 aliphatic rings. The number of carbonyl (C=O) groups excluding carboxylic acids is 1. The summed E-state index contributed by atoms with van der Waals surface area (Å²) in [4.78, 5) is 12.0. The second-order valence-electron chi connectivity index (χ2n) is 4.15. The molecule has 0 saturated heterocycles. The Morgan fingerprint density at radius 3 is 2.53 bits per heavy atom. The quantitative estimate of drug-likeness (QED) is 0.522. The predicted molar refractivity (Wildman–Crippen MR) is 87.9 cm³/mol. The zero-order valence-electron chi connectivity index (χ0n) is 10.3. The highest BCUT2D eigenvalue weighted by molar-refractivity contribution is 14.1. The van der Waals surface area contributed by atoms with E-state index in [1.807, 2.05) is 49.4 Å². The van der Waals surface area contributed by atoms with Gasteiger partial charge < -0.3 is 4.74 Å². The number of halogens is 2. The fourth-order valence-electron chi connectivity index (χ4n) is 1.59.